The van der Waals surface area contributed by atoms with Crippen LogP contribution in [-0.4, -0.2) is 75.7 Å². The van der Waals surface area contributed by atoms with Crippen molar-refractivity contribution in [3.63, 3.8) is 0 Å². The van der Waals surface area contributed by atoms with E-state index in [9.17, 15) is 28.8 Å². The van der Waals surface area contributed by atoms with Gasteiger partial charge in [0, 0.05) is 18.5 Å². The number of carboxylic acids is 1. The number of carbonyl (C=O) groups is 6. The zero-order valence-corrected chi connectivity index (χ0v) is 18.2. The summed E-state index contributed by atoms with van der Waals surface area (Å²) in [4.78, 5) is 73.8. The van der Waals surface area contributed by atoms with Gasteiger partial charge in [-0.1, -0.05) is 18.2 Å². The number of nitrogens with zero attached hydrogens (tertiary/aromatic N) is 2. The molecule has 3 atom stereocenters. The molecule has 11 nitrogen and oxygen atoms in total. The smallest absolute Gasteiger partial charge is 0.305 e. The van der Waals surface area contributed by atoms with Crippen LogP contribution < -0.4 is 10.6 Å². The Bertz CT molecular complexity index is 979. The van der Waals surface area contributed by atoms with E-state index in [2.05, 4.69) is 10.6 Å². The van der Waals surface area contributed by atoms with Gasteiger partial charge in [-0.05, 0) is 37.8 Å². The van der Waals surface area contributed by atoms with Crippen LogP contribution in [0, 0.1) is 6.92 Å². The van der Waals surface area contributed by atoms with Gasteiger partial charge >= 0.3 is 5.97 Å². The zero-order chi connectivity index (χ0) is 24.1. The normalized spacial score (nSPS) is 21.5. The van der Waals surface area contributed by atoms with Crippen LogP contribution in [0.5, 0.6) is 0 Å². The fraction of sp³-hybridized carbons (Fsp3) is 0.455. The highest BCUT2D eigenvalue weighted by atomic mass is 16.4. The first-order valence-corrected chi connectivity index (χ1v) is 10.7. The van der Waals surface area contributed by atoms with Gasteiger partial charge in [0.2, 0.25) is 11.8 Å². The highest BCUT2D eigenvalue weighted by Crippen LogP contribution is 2.25. The minimum absolute atomic E-state index is 0.00523. The fourth-order valence-electron chi connectivity index (χ4n) is 4.07. The van der Waals surface area contributed by atoms with Crippen molar-refractivity contribution in [1.82, 2.24) is 20.7 Å². The Morgan fingerprint density at radius 2 is 1.94 bits per heavy atom. The van der Waals surface area contributed by atoms with Gasteiger partial charge in [-0.2, -0.15) is 0 Å². The monoisotopic (exact) mass is 458 g/mol. The number of hydrogen-bond donors (Lipinski definition) is 3. The van der Waals surface area contributed by atoms with E-state index in [1.54, 1.807) is 31.2 Å². The summed E-state index contributed by atoms with van der Waals surface area (Å²) < 4.78 is 0. The molecule has 4 amide bonds. The minimum atomic E-state index is -1.27. The number of fused-ring (bicyclic) bond motifs is 1. The van der Waals surface area contributed by atoms with Crippen molar-refractivity contribution in [2.75, 3.05) is 6.54 Å². The SMILES string of the molecule is Cc1ccccc1C(=O)N[C@H]1CCC(=O)N2CCC[C@@H](C(=O)N[C@H](C=O)CC(=O)O)N2C1=O. The largest absolute Gasteiger partial charge is 0.481 e. The molecule has 2 aliphatic heterocycles. The van der Waals surface area contributed by atoms with Crippen LogP contribution in [-0.2, 0) is 24.0 Å². The summed E-state index contributed by atoms with van der Waals surface area (Å²) in [6.45, 7) is 2.00. The number of aryl methyl sites for hydroxylation is 1. The van der Waals surface area contributed by atoms with Crippen molar-refractivity contribution in [2.45, 2.75) is 57.2 Å². The van der Waals surface area contributed by atoms with E-state index >= 15 is 0 Å². The molecule has 2 fully saturated rings. The Hall–Kier alpha value is -3.76. The molecule has 1 aromatic carbocycles. The lowest BCUT2D eigenvalue weighted by molar-refractivity contribution is -0.176. The van der Waals surface area contributed by atoms with Crippen LogP contribution in [0.25, 0.3) is 0 Å². The van der Waals surface area contributed by atoms with E-state index in [4.69, 9.17) is 5.11 Å². The molecule has 0 bridgehead atoms. The Labute approximate surface area is 190 Å². The average molecular weight is 458 g/mol. The van der Waals surface area contributed by atoms with Crippen LogP contribution >= 0.6 is 0 Å². The first kappa shape index (κ1) is 23.9. The van der Waals surface area contributed by atoms with Crippen molar-refractivity contribution in [3.05, 3.63) is 35.4 Å². The summed E-state index contributed by atoms with van der Waals surface area (Å²) >= 11 is 0. The molecule has 2 heterocycles. The van der Waals surface area contributed by atoms with Gasteiger partial charge in [-0.25, -0.2) is 5.01 Å². The number of nitrogens with one attached hydrogen (secondary N) is 2. The second-order valence-corrected chi connectivity index (χ2v) is 8.09. The number of aldehydes is 1. The summed E-state index contributed by atoms with van der Waals surface area (Å²) in [6.07, 6.45) is 0.454. The molecule has 0 radical (unpaired) electrons. The molecule has 0 aliphatic carbocycles. The average Bonchev–Trinajstić information content (AvgIpc) is 2.90. The van der Waals surface area contributed by atoms with Gasteiger partial charge in [-0.3, -0.25) is 29.0 Å². The second-order valence-electron chi connectivity index (χ2n) is 8.09. The molecule has 1 aromatic rings. The van der Waals surface area contributed by atoms with Crippen LogP contribution in [0.4, 0.5) is 0 Å². The zero-order valence-electron chi connectivity index (χ0n) is 18.2. The molecular formula is C22H26N4O7. The standard InChI is InChI=1S/C22H26N4O7/c1-13-5-2-3-6-15(13)20(31)24-16-8-9-18(28)25-10-4-7-17(26(25)22(16)33)21(32)23-14(12-27)11-19(29)30/h2-3,5-6,12,14,16-17H,4,7-11H2,1H3,(H,23,32)(H,24,31)(H,29,30)/t14-,16-,17-/m0/s1. The molecule has 0 aromatic heterocycles. The molecule has 0 unspecified atom stereocenters. The third-order valence-electron chi connectivity index (χ3n) is 5.75. The molecule has 3 N–H and O–H groups in total. The Kier molecular flexibility index (Phi) is 7.41. The predicted octanol–water partition coefficient (Wildman–Crippen LogP) is -0.220. The highest BCUT2D eigenvalue weighted by Gasteiger charge is 2.45. The van der Waals surface area contributed by atoms with E-state index in [1.165, 1.54) is 5.01 Å². The summed E-state index contributed by atoms with van der Waals surface area (Å²) in [7, 11) is 0. The van der Waals surface area contributed by atoms with Gasteiger partial charge in [0.1, 0.15) is 18.4 Å². The van der Waals surface area contributed by atoms with Gasteiger partial charge in [-0.15, -0.1) is 0 Å². The number of amides is 4. The lowest BCUT2D eigenvalue weighted by atomic mass is 10.0. The first-order valence-electron chi connectivity index (χ1n) is 10.7. The highest BCUT2D eigenvalue weighted by molar-refractivity contribution is 6.00. The maximum atomic E-state index is 13.4. The van der Waals surface area contributed by atoms with E-state index in [0.29, 0.717) is 18.3 Å². The lowest BCUT2D eigenvalue weighted by Gasteiger charge is -2.43. The van der Waals surface area contributed by atoms with Crippen molar-refractivity contribution >= 4 is 35.9 Å². The second kappa shape index (κ2) is 10.2. The fourth-order valence-corrected chi connectivity index (χ4v) is 4.07. The van der Waals surface area contributed by atoms with E-state index in [-0.39, 0.29) is 31.7 Å². The third kappa shape index (κ3) is 5.36. The van der Waals surface area contributed by atoms with Crippen molar-refractivity contribution in [2.24, 2.45) is 0 Å². The Balaban J connectivity index is 1.82. The maximum absolute atomic E-state index is 13.4. The lowest BCUT2D eigenvalue weighted by Crippen LogP contribution is -2.64. The number of rotatable bonds is 7. The van der Waals surface area contributed by atoms with Gasteiger partial charge < -0.3 is 20.5 Å². The van der Waals surface area contributed by atoms with E-state index < -0.39 is 48.2 Å². The van der Waals surface area contributed by atoms with Crippen LogP contribution in [0.1, 0.15) is 48.0 Å². The minimum Gasteiger partial charge on any atom is -0.481 e. The van der Waals surface area contributed by atoms with Crippen LogP contribution in [0.2, 0.25) is 0 Å². The number of carboxylic acid groups (broad SMARTS) is 1. The van der Waals surface area contributed by atoms with Crippen molar-refractivity contribution in [1.29, 1.82) is 0 Å². The summed E-state index contributed by atoms with van der Waals surface area (Å²) in [5, 5.41) is 16.2. The number of carbonyl (C=O) groups excluding carboxylic acids is 5. The molecule has 11 heteroatoms. The molecule has 3 rings (SSSR count). The summed E-state index contributed by atoms with van der Waals surface area (Å²) in [5.41, 5.74) is 1.12. The van der Waals surface area contributed by atoms with E-state index in [0.717, 1.165) is 10.6 Å². The van der Waals surface area contributed by atoms with Crippen molar-refractivity contribution in [3.8, 4) is 0 Å². The number of hydrogen-bond acceptors (Lipinski definition) is 6. The molecule has 33 heavy (non-hydrogen) atoms. The third-order valence-corrected chi connectivity index (χ3v) is 5.75. The quantitative estimate of drug-likeness (QED) is 0.478. The Morgan fingerprint density at radius 3 is 2.61 bits per heavy atom. The first-order chi connectivity index (χ1) is 15.7. The number of aliphatic carboxylic acids is 1. The topological polar surface area (TPSA) is 153 Å². The summed E-state index contributed by atoms with van der Waals surface area (Å²) in [6, 6.07) is 3.48. The van der Waals surface area contributed by atoms with Gasteiger partial charge in [0.25, 0.3) is 11.8 Å². The molecule has 176 valence electrons. The predicted molar refractivity (Wildman–Crippen MR) is 113 cm³/mol. The molecular weight excluding hydrogens is 432 g/mol. The molecule has 2 aliphatic rings. The summed E-state index contributed by atoms with van der Waals surface area (Å²) in [5.74, 6) is -3.43. The maximum Gasteiger partial charge on any atom is 0.305 e. The number of hydrazine groups is 1. The number of benzene rings is 1. The Morgan fingerprint density at radius 1 is 1.21 bits per heavy atom. The molecule has 2 saturated heterocycles. The van der Waals surface area contributed by atoms with Crippen LogP contribution in [0.15, 0.2) is 24.3 Å². The molecule has 0 spiro atoms. The van der Waals surface area contributed by atoms with Crippen molar-refractivity contribution < 1.29 is 33.9 Å². The van der Waals surface area contributed by atoms with E-state index in [1.807, 2.05) is 0 Å². The van der Waals surface area contributed by atoms with Crippen LogP contribution in [0.3, 0.4) is 0 Å². The molecule has 0 saturated carbocycles. The van der Waals surface area contributed by atoms with Gasteiger partial charge in [0.15, 0.2) is 0 Å². The van der Waals surface area contributed by atoms with Gasteiger partial charge in [0.05, 0.1) is 12.5 Å².